The zero-order valence-electron chi connectivity index (χ0n) is 11.6. The second-order valence-corrected chi connectivity index (χ2v) is 7.83. The van der Waals surface area contributed by atoms with E-state index in [1.165, 1.54) is 4.88 Å². The van der Waals surface area contributed by atoms with Gasteiger partial charge in [-0.15, -0.1) is 11.3 Å². The molecule has 0 aliphatic carbocycles. The SMILES string of the molecule is CCc1cnc(CNc2ccc(S(=O)(=O)CC)cc2)s1. The number of benzene rings is 1. The molecule has 0 aliphatic rings. The second kappa shape index (κ2) is 6.37. The van der Waals surface area contributed by atoms with Gasteiger partial charge in [-0.2, -0.15) is 0 Å². The highest BCUT2D eigenvalue weighted by atomic mass is 32.2. The summed E-state index contributed by atoms with van der Waals surface area (Å²) in [6.07, 6.45) is 2.90. The van der Waals surface area contributed by atoms with Crippen LogP contribution in [0.3, 0.4) is 0 Å². The molecule has 0 saturated heterocycles. The van der Waals surface area contributed by atoms with Gasteiger partial charge in [0.15, 0.2) is 9.84 Å². The molecule has 20 heavy (non-hydrogen) atoms. The molecule has 2 rings (SSSR count). The van der Waals surface area contributed by atoms with Gasteiger partial charge in [-0.05, 0) is 30.7 Å². The van der Waals surface area contributed by atoms with Gasteiger partial charge in [0.2, 0.25) is 0 Å². The van der Waals surface area contributed by atoms with Crippen LogP contribution in [0.5, 0.6) is 0 Å². The van der Waals surface area contributed by atoms with E-state index in [4.69, 9.17) is 0 Å². The first kappa shape index (κ1) is 15.0. The van der Waals surface area contributed by atoms with Gasteiger partial charge in [0.1, 0.15) is 5.01 Å². The molecule has 0 bridgehead atoms. The minimum Gasteiger partial charge on any atom is -0.379 e. The number of sulfone groups is 1. The van der Waals surface area contributed by atoms with E-state index in [-0.39, 0.29) is 5.75 Å². The van der Waals surface area contributed by atoms with E-state index in [9.17, 15) is 8.42 Å². The van der Waals surface area contributed by atoms with Crippen molar-refractivity contribution in [2.45, 2.75) is 31.7 Å². The van der Waals surface area contributed by atoms with E-state index in [2.05, 4.69) is 17.2 Å². The van der Waals surface area contributed by atoms with Crippen LogP contribution in [-0.2, 0) is 22.8 Å². The van der Waals surface area contributed by atoms with Crippen LogP contribution < -0.4 is 5.32 Å². The molecule has 4 nitrogen and oxygen atoms in total. The van der Waals surface area contributed by atoms with Crippen LogP contribution in [0.25, 0.3) is 0 Å². The molecule has 1 heterocycles. The maximum absolute atomic E-state index is 11.7. The van der Waals surface area contributed by atoms with Crippen molar-refractivity contribution in [3.05, 3.63) is 40.3 Å². The van der Waals surface area contributed by atoms with Gasteiger partial charge in [-0.3, -0.25) is 0 Å². The van der Waals surface area contributed by atoms with Crippen LogP contribution >= 0.6 is 11.3 Å². The number of hydrogen-bond donors (Lipinski definition) is 1. The molecule has 0 aliphatic heterocycles. The maximum atomic E-state index is 11.7. The minimum atomic E-state index is -3.12. The predicted molar refractivity (Wildman–Crippen MR) is 83.0 cm³/mol. The number of anilines is 1. The van der Waals surface area contributed by atoms with Crippen LogP contribution in [0.2, 0.25) is 0 Å². The van der Waals surface area contributed by atoms with E-state index in [1.807, 2.05) is 6.20 Å². The van der Waals surface area contributed by atoms with Crippen molar-refractivity contribution in [1.29, 1.82) is 0 Å². The lowest BCUT2D eigenvalue weighted by Gasteiger charge is -2.06. The first-order chi connectivity index (χ1) is 9.55. The number of aromatic nitrogens is 1. The Kier molecular flexibility index (Phi) is 4.77. The zero-order valence-corrected chi connectivity index (χ0v) is 13.2. The van der Waals surface area contributed by atoms with Gasteiger partial charge < -0.3 is 5.32 Å². The van der Waals surface area contributed by atoms with Crippen molar-refractivity contribution >= 4 is 26.9 Å². The smallest absolute Gasteiger partial charge is 0.178 e. The molecule has 1 aromatic carbocycles. The van der Waals surface area contributed by atoms with Crippen LogP contribution in [-0.4, -0.2) is 19.2 Å². The van der Waals surface area contributed by atoms with Crippen molar-refractivity contribution in [3.8, 4) is 0 Å². The van der Waals surface area contributed by atoms with E-state index in [0.29, 0.717) is 11.4 Å². The Morgan fingerprint density at radius 2 is 1.90 bits per heavy atom. The normalized spacial score (nSPS) is 11.5. The molecule has 0 spiro atoms. The molecule has 2 aromatic rings. The summed E-state index contributed by atoms with van der Waals surface area (Å²) in [6, 6.07) is 6.86. The highest BCUT2D eigenvalue weighted by molar-refractivity contribution is 7.91. The van der Waals surface area contributed by atoms with Gasteiger partial charge >= 0.3 is 0 Å². The third kappa shape index (κ3) is 3.58. The zero-order chi connectivity index (χ0) is 14.6. The van der Waals surface area contributed by atoms with Crippen LogP contribution in [0.15, 0.2) is 35.4 Å². The highest BCUT2D eigenvalue weighted by Crippen LogP contribution is 2.18. The van der Waals surface area contributed by atoms with Crippen LogP contribution in [0, 0.1) is 0 Å². The largest absolute Gasteiger partial charge is 0.379 e. The molecule has 1 N–H and O–H groups in total. The molecule has 0 radical (unpaired) electrons. The molecule has 0 unspecified atom stereocenters. The molecule has 0 fully saturated rings. The predicted octanol–water partition coefficient (Wildman–Crippen LogP) is 3.11. The van der Waals surface area contributed by atoms with Crippen LogP contribution in [0.1, 0.15) is 23.7 Å². The molecule has 0 atom stereocenters. The first-order valence-electron chi connectivity index (χ1n) is 6.55. The Labute approximate surface area is 123 Å². The van der Waals surface area contributed by atoms with Gasteiger partial charge in [-0.1, -0.05) is 13.8 Å². The standard InChI is InChI=1S/C14H18N2O2S2/c1-3-12-9-16-14(19-12)10-15-11-5-7-13(8-6-11)20(17,18)4-2/h5-9,15H,3-4,10H2,1-2H3. The maximum Gasteiger partial charge on any atom is 0.178 e. The summed E-state index contributed by atoms with van der Waals surface area (Å²) < 4.78 is 23.4. The number of thiazole rings is 1. The second-order valence-electron chi connectivity index (χ2n) is 4.36. The van der Waals surface area contributed by atoms with E-state index in [1.54, 1.807) is 42.5 Å². The van der Waals surface area contributed by atoms with E-state index in [0.717, 1.165) is 17.1 Å². The summed E-state index contributed by atoms with van der Waals surface area (Å²) in [4.78, 5) is 5.97. The monoisotopic (exact) mass is 310 g/mol. The Morgan fingerprint density at radius 1 is 1.20 bits per heavy atom. The quantitative estimate of drug-likeness (QED) is 0.890. The number of nitrogens with one attached hydrogen (secondary N) is 1. The topological polar surface area (TPSA) is 59.1 Å². The molecule has 1 aromatic heterocycles. The van der Waals surface area contributed by atoms with Gasteiger partial charge in [0.05, 0.1) is 17.2 Å². The molecular formula is C14H18N2O2S2. The fourth-order valence-corrected chi connectivity index (χ4v) is 3.40. The van der Waals surface area contributed by atoms with Crippen molar-refractivity contribution < 1.29 is 8.42 Å². The summed E-state index contributed by atoms with van der Waals surface area (Å²) in [6.45, 7) is 4.41. The number of hydrogen-bond acceptors (Lipinski definition) is 5. The summed E-state index contributed by atoms with van der Waals surface area (Å²) >= 11 is 1.69. The fourth-order valence-electron chi connectivity index (χ4n) is 1.72. The average Bonchev–Trinajstić information content (AvgIpc) is 2.93. The third-order valence-electron chi connectivity index (χ3n) is 2.99. The average molecular weight is 310 g/mol. The van der Waals surface area contributed by atoms with Gasteiger partial charge in [0, 0.05) is 16.8 Å². The Bertz CT molecular complexity index is 661. The number of aryl methyl sites for hydroxylation is 1. The summed E-state index contributed by atoms with van der Waals surface area (Å²) in [5.74, 6) is 0.124. The Morgan fingerprint density at radius 3 is 2.45 bits per heavy atom. The minimum absolute atomic E-state index is 0.124. The van der Waals surface area contributed by atoms with Crippen molar-refractivity contribution in [3.63, 3.8) is 0 Å². The van der Waals surface area contributed by atoms with E-state index >= 15 is 0 Å². The lowest BCUT2D eigenvalue weighted by atomic mass is 10.3. The Balaban J connectivity index is 2.00. The number of nitrogens with zero attached hydrogens (tertiary/aromatic N) is 1. The lowest BCUT2D eigenvalue weighted by Crippen LogP contribution is -2.04. The molecule has 108 valence electrons. The Hall–Kier alpha value is -1.40. The fraction of sp³-hybridized carbons (Fsp3) is 0.357. The van der Waals surface area contributed by atoms with E-state index < -0.39 is 9.84 Å². The third-order valence-corrected chi connectivity index (χ3v) is 5.88. The molecule has 0 amide bonds. The van der Waals surface area contributed by atoms with Gasteiger partial charge in [-0.25, -0.2) is 13.4 Å². The number of rotatable bonds is 6. The first-order valence-corrected chi connectivity index (χ1v) is 9.02. The molecule has 6 heteroatoms. The summed E-state index contributed by atoms with van der Waals surface area (Å²) in [7, 11) is -3.12. The summed E-state index contributed by atoms with van der Waals surface area (Å²) in [5, 5.41) is 4.28. The van der Waals surface area contributed by atoms with Crippen LogP contribution in [0.4, 0.5) is 5.69 Å². The van der Waals surface area contributed by atoms with Gasteiger partial charge in [0.25, 0.3) is 0 Å². The molecule has 0 saturated carbocycles. The van der Waals surface area contributed by atoms with Crippen molar-refractivity contribution in [2.75, 3.05) is 11.1 Å². The summed E-state index contributed by atoms with van der Waals surface area (Å²) in [5.41, 5.74) is 0.897. The molecular weight excluding hydrogens is 292 g/mol. The van der Waals surface area contributed by atoms with Crippen molar-refractivity contribution in [1.82, 2.24) is 4.98 Å². The van der Waals surface area contributed by atoms with Crippen molar-refractivity contribution in [2.24, 2.45) is 0 Å². The highest BCUT2D eigenvalue weighted by Gasteiger charge is 2.10. The lowest BCUT2D eigenvalue weighted by molar-refractivity contribution is 0.597.